The van der Waals surface area contributed by atoms with Gasteiger partial charge in [-0.05, 0) is 42.2 Å². The normalized spacial score (nSPS) is 26.4. The van der Waals surface area contributed by atoms with Gasteiger partial charge in [-0.1, -0.05) is 38.1 Å². The van der Waals surface area contributed by atoms with Crippen LogP contribution < -0.4 is 11.1 Å². The van der Waals surface area contributed by atoms with E-state index in [1.165, 1.54) is 17.5 Å². The first-order valence-electron chi connectivity index (χ1n) is 9.90. The molecule has 0 spiro atoms. The fraction of sp³-hybridized carbons (Fsp3) is 0.667. The number of amides is 1. The van der Waals surface area contributed by atoms with Crippen LogP contribution in [0.4, 0.5) is 0 Å². The lowest BCUT2D eigenvalue weighted by Crippen LogP contribution is -2.56. The van der Waals surface area contributed by atoms with E-state index in [4.69, 9.17) is 10.5 Å². The van der Waals surface area contributed by atoms with Gasteiger partial charge < -0.3 is 15.8 Å². The highest BCUT2D eigenvalue weighted by molar-refractivity contribution is 5.86. The van der Waals surface area contributed by atoms with E-state index < -0.39 is 5.54 Å². The average Bonchev–Trinajstić information content (AvgIpc) is 2.60. The van der Waals surface area contributed by atoms with Crippen molar-refractivity contribution in [1.82, 2.24) is 10.2 Å². The maximum atomic E-state index is 12.6. The molecule has 3 rings (SSSR count). The molecule has 1 aromatic carbocycles. The lowest BCUT2D eigenvalue weighted by molar-refractivity contribution is -0.129. The second kappa shape index (κ2) is 8.51. The Morgan fingerprint density at radius 1 is 1.19 bits per heavy atom. The van der Waals surface area contributed by atoms with E-state index in [1.807, 2.05) is 6.07 Å². The molecule has 1 amide bonds. The van der Waals surface area contributed by atoms with Gasteiger partial charge >= 0.3 is 0 Å². The van der Waals surface area contributed by atoms with Crippen molar-refractivity contribution in [3.63, 3.8) is 0 Å². The number of rotatable bonds is 5. The Morgan fingerprint density at radius 3 is 2.46 bits per heavy atom. The van der Waals surface area contributed by atoms with Gasteiger partial charge in [-0.2, -0.15) is 0 Å². The minimum Gasteiger partial charge on any atom is -0.381 e. The summed E-state index contributed by atoms with van der Waals surface area (Å²) in [6, 6.07) is 8.41. The molecule has 0 aromatic heterocycles. The summed E-state index contributed by atoms with van der Waals surface area (Å²) in [5.41, 5.74) is 7.98. The molecule has 0 bridgehead atoms. The SMILES string of the molecule is CC1CC(C)CN(Cc2ccccc2CNC(=O)C2(N)CCOCC2)C1. The highest BCUT2D eigenvalue weighted by Crippen LogP contribution is 2.23. The molecule has 2 aliphatic heterocycles. The quantitative estimate of drug-likeness (QED) is 0.846. The number of ether oxygens (including phenoxy) is 1. The minimum absolute atomic E-state index is 0.0594. The Bertz CT molecular complexity index is 603. The number of benzene rings is 1. The van der Waals surface area contributed by atoms with Crippen LogP contribution in [0.2, 0.25) is 0 Å². The van der Waals surface area contributed by atoms with Crippen molar-refractivity contribution in [2.75, 3.05) is 26.3 Å². The highest BCUT2D eigenvalue weighted by Gasteiger charge is 2.35. The average molecular weight is 360 g/mol. The molecule has 2 heterocycles. The molecule has 2 fully saturated rings. The second-order valence-electron chi connectivity index (χ2n) is 8.36. The zero-order chi connectivity index (χ0) is 18.6. The van der Waals surface area contributed by atoms with Gasteiger partial charge in [0.15, 0.2) is 0 Å². The number of carbonyl (C=O) groups is 1. The predicted molar refractivity (Wildman–Crippen MR) is 103 cm³/mol. The summed E-state index contributed by atoms with van der Waals surface area (Å²) in [5, 5.41) is 3.07. The Morgan fingerprint density at radius 2 is 1.81 bits per heavy atom. The number of carbonyl (C=O) groups excluding carboxylic acids is 1. The largest absolute Gasteiger partial charge is 0.381 e. The first-order chi connectivity index (χ1) is 12.5. The predicted octanol–water partition coefficient (Wildman–Crippen LogP) is 2.29. The molecule has 2 atom stereocenters. The van der Waals surface area contributed by atoms with Crippen molar-refractivity contribution in [3.05, 3.63) is 35.4 Å². The van der Waals surface area contributed by atoms with Crippen LogP contribution in [0.3, 0.4) is 0 Å². The van der Waals surface area contributed by atoms with Crippen LogP contribution in [0.5, 0.6) is 0 Å². The van der Waals surface area contributed by atoms with E-state index in [9.17, 15) is 4.79 Å². The summed E-state index contributed by atoms with van der Waals surface area (Å²) in [6.45, 7) is 9.58. The molecule has 2 saturated heterocycles. The van der Waals surface area contributed by atoms with Crippen molar-refractivity contribution >= 4 is 5.91 Å². The van der Waals surface area contributed by atoms with Crippen molar-refractivity contribution in [2.24, 2.45) is 17.6 Å². The molecule has 0 aliphatic carbocycles. The molecular weight excluding hydrogens is 326 g/mol. The van der Waals surface area contributed by atoms with Gasteiger partial charge in [0.2, 0.25) is 5.91 Å². The summed E-state index contributed by atoms with van der Waals surface area (Å²) in [7, 11) is 0. The number of nitrogens with two attached hydrogens (primary N) is 1. The van der Waals surface area contributed by atoms with E-state index in [-0.39, 0.29) is 5.91 Å². The van der Waals surface area contributed by atoms with E-state index in [0.717, 1.165) is 31.5 Å². The smallest absolute Gasteiger partial charge is 0.240 e. The van der Waals surface area contributed by atoms with Gasteiger partial charge in [0.25, 0.3) is 0 Å². The van der Waals surface area contributed by atoms with Gasteiger partial charge in [0, 0.05) is 39.4 Å². The van der Waals surface area contributed by atoms with Gasteiger partial charge in [-0.15, -0.1) is 0 Å². The van der Waals surface area contributed by atoms with Crippen molar-refractivity contribution in [2.45, 2.75) is 51.7 Å². The molecule has 2 aliphatic rings. The molecule has 1 aromatic rings. The Labute approximate surface area is 157 Å². The number of nitrogens with one attached hydrogen (secondary N) is 1. The summed E-state index contributed by atoms with van der Waals surface area (Å²) >= 11 is 0. The van der Waals surface area contributed by atoms with Gasteiger partial charge in [0.1, 0.15) is 0 Å². The topological polar surface area (TPSA) is 67.6 Å². The second-order valence-corrected chi connectivity index (χ2v) is 8.36. The maximum Gasteiger partial charge on any atom is 0.240 e. The van der Waals surface area contributed by atoms with E-state index in [2.05, 4.69) is 42.3 Å². The third kappa shape index (κ3) is 4.84. The van der Waals surface area contributed by atoms with E-state index in [0.29, 0.717) is 32.6 Å². The first-order valence-corrected chi connectivity index (χ1v) is 9.90. The molecule has 26 heavy (non-hydrogen) atoms. The molecule has 0 radical (unpaired) electrons. The number of nitrogens with zero attached hydrogens (tertiary/aromatic N) is 1. The van der Waals surface area contributed by atoms with Crippen molar-refractivity contribution in [3.8, 4) is 0 Å². The fourth-order valence-electron chi connectivity index (χ4n) is 4.36. The third-order valence-electron chi connectivity index (χ3n) is 5.73. The Hall–Kier alpha value is -1.43. The van der Waals surface area contributed by atoms with Crippen LogP contribution in [0.25, 0.3) is 0 Å². The van der Waals surface area contributed by atoms with Crippen molar-refractivity contribution in [1.29, 1.82) is 0 Å². The number of hydrogen-bond donors (Lipinski definition) is 2. The molecule has 0 saturated carbocycles. The highest BCUT2D eigenvalue weighted by atomic mass is 16.5. The molecule has 5 heteroatoms. The number of likely N-dealkylation sites (tertiary alicyclic amines) is 1. The monoisotopic (exact) mass is 359 g/mol. The fourth-order valence-corrected chi connectivity index (χ4v) is 4.36. The zero-order valence-corrected chi connectivity index (χ0v) is 16.2. The molecular formula is C21H33N3O2. The molecule has 144 valence electrons. The third-order valence-corrected chi connectivity index (χ3v) is 5.73. The first kappa shape index (κ1) is 19.3. The van der Waals surface area contributed by atoms with Crippen LogP contribution in [0, 0.1) is 11.8 Å². The van der Waals surface area contributed by atoms with Crippen LogP contribution in [0.15, 0.2) is 24.3 Å². The minimum atomic E-state index is -0.787. The summed E-state index contributed by atoms with van der Waals surface area (Å²) < 4.78 is 5.33. The van der Waals surface area contributed by atoms with Crippen molar-refractivity contribution < 1.29 is 9.53 Å². The lowest BCUT2D eigenvalue weighted by atomic mass is 9.90. The van der Waals surface area contributed by atoms with Gasteiger partial charge in [-0.25, -0.2) is 0 Å². The number of hydrogen-bond acceptors (Lipinski definition) is 4. The molecule has 2 unspecified atom stereocenters. The summed E-state index contributed by atoms with van der Waals surface area (Å²) in [4.78, 5) is 15.1. The van der Waals surface area contributed by atoms with Crippen LogP contribution >= 0.6 is 0 Å². The van der Waals surface area contributed by atoms with Crippen LogP contribution in [0.1, 0.15) is 44.2 Å². The van der Waals surface area contributed by atoms with E-state index in [1.54, 1.807) is 0 Å². The van der Waals surface area contributed by atoms with E-state index >= 15 is 0 Å². The Kier molecular flexibility index (Phi) is 6.33. The standard InChI is InChI=1S/C21H33N3O2/c1-16-11-17(2)14-24(13-16)15-19-6-4-3-5-18(19)12-23-20(25)21(22)7-9-26-10-8-21/h3-6,16-17H,7-15,22H2,1-2H3,(H,23,25). The van der Waals surface area contributed by atoms with Crippen LogP contribution in [-0.2, 0) is 22.6 Å². The summed E-state index contributed by atoms with van der Waals surface area (Å²) in [6.07, 6.45) is 2.49. The van der Waals surface area contributed by atoms with Gasteiger partial charge in [-0.3, -0.25) is 9.69 Å². The maximum absolute atomic E-state index is 12.6. The molecule has 5 nitrogen and oxygen atoms in total. The van der Waals surface area contributed by atoms with Gasteiger partial charge in [0.05, 0.1) is 5.54 Å². The zero-order valence-electron chi connectivity index (χ0n) is 16.2. The Balaban J connectivity index is 1.61. The lowest BCUT2D eigenvalue weighted by Gasteiger charge is -2.35. The number of piperidine rings is 1. The summed E-state index contributed by atoms with van der Waals surface area (Å²) in [5.74, 6) is 1.43. The van der Waals surface area contributed by atoms with Crippen LogP contribution in [-0.4, -0.2) is 42.6 Å². The molecule has 3 N–H and O–H groups in total.